The van der Waals surface area contributed by atoms with Gasteiger partial charge in [0.25, 0.3) is 11.6 Å². The number of amides is 3. The molecule has 2 aromatic carbocycles. The van der Waals surface area contributed by atoms with Gasteiger partial charge in [0.2, 0.25) is 0 Å². The third-order valence-corrected chi connectivity index (χ3v) is 3.75. The third kappa shape index (κ3) is 3.22. The summed E-state index contributed by atoms with van der Waals surface area (Å²) in [5, 5.41) is 24.9. The van der Waals surface area contributed by atoms with Gasteiger partial charge in [0.1, 0.15) is 11.5 Å². The van der Waals surface area contributed by atoms with E-state index in [9.17, 15) is 29.2 Å². The van der Waals surface area contributed by atoms with Crippen LogP contribution in [0.25, 0.3) is 6.08 Å². The molecule has 8 nitrogen and oxygen atoms in total. The lowest BCUT2D eigenvalue weighted by molar-refractivity contribution is -0.385. The average Bonchev–Trinajstić information content (AvgIpc) is 2.86. The number of non-ortho nitro benzene ring substituents is 1. The zero-order chi connectivity index (χ0) is 18.8. The van der Waals surface area contributed by atoms with E-state index >= 15 is 0 Å². The van der Waals surface area contributed by atoms with Gasteiger partial charge in [-0.05, 0) is 17.7 Å². The van der Waals surface area contributed by atoms with Crippen molar-refractivity contribution in [2.45, 2.75) is 6.54 Å². The first kappa shape index (κ1) is 17.1. The van der Waals surface area contributed by atoms with Crippen LogP contribution < -0.4 is 10.4 Å². The van der Waals surface area contributed by atoms with Crippen molar-refractivity contribution in [3.8, 4) is 5.75 Å². The Kier molecular flexibility index (Phi) is 4.36. The summed E-state index contributed by atoms with van der Waals surface area (Å²) in [6, 6.07) is 7.98. The predicted octanol–water partition coefficient (Wildman–Crippen LogP) is 1.90. The van der Waals surface area contributed by atoms with Gasteiger partial charge in [0.15, 0.2) is 0 Å². The molecule has 0 atom stereocenters. The van der Waals surface area contributed by atoms with Crippen molar-refractivity contribution in [3.63, 3.8) is 0 Å². The van der Waals surface area contributed by atoms with Gasteiger partial charge in [0, 0.05) is 17.7 Å². The van der Waals surface area contributed by atoms with Gasteiger partial charge >= 0.3 is 6.03 Å². The minimum Gasteiger partial charge on any atom is -0.872 e. The molecule has 0 bridgehead atoms. The van der Waals surface area contributed by atoms with Crippen LogP contribution in [0.1, 0.15) is 11.1 Å². The van der Waals surface area contributed by atoms with E-state index in [1.54, 1.807) is 6.07 Å². The first-order chi connectivity index (χ1) is 12.4. The molecule has 1 fully saturated rings. The van der Waals surface area contributed by atoms with Gasteiger partial charge in [-0.25, -0.2) is 9.18 Å². The molecule has 1 aliphatic heterocycles. The van der Waals surface area contributed by atoms with Crippen molar-refractivity contribution in [2.24, 2.45) is 0 Å². The maximum Gasteiger partial charge on any atom is 0.329 e. The lowest BCUT2D eigenvalue weighted by Gasteiger charge is -2.12. The third-order valence-electron chi connectivity index (χ3n) is 3.75. The number of halogens is 1. The Morgan fingerprint density at radius 3 is 2.62 bits per heavy atom. The Bertz CT molecular complexity index is 957. The highest BCUT2D eigenvalue weighted by molar-refractivity contribution is 6.14. The van der Waals surface area contributed by atoms with Gasteiger partial charge in [-0.2, -0.15) is 0 Å². The molecule has 2 aromatic rings. The average molecular weight is 356 g/mol. The number of rotatable bonds is 4. The number of nitro benzene ring substituents is 1. The highest BCUT2D eigenvalue weighted by Crippen LogP contribution is 2.25. The van der Waals surface area contributed by atoms with Gasteiger partial charge in [-0.15, -0.1) is 5.75 Å². The Morgan fingerprint density at radius 2 is 1.92 bits per heavy atom. The number of carbonyl (C=O) groups is 2. The van der Waals surface area contributed by atoms with E-state index in [-0.39, 0.29) is 29.1 Å². The highest BCUT2D eigenvalue weighted by Gasteiger charge is 2.34. The summed E-state index contributed by atoms with van der Waals surface area (Å²) in [4.78, 5) is 35.3. The number of urea groups is 1. The SMILES string of the molecule is O=C1N/C(=C/c2cc([N+](=O)[O-])ccc2[O-])C(=O)N1Cc1ccccc1F. The van der Waals surface area contributed by atoms with Crippen molar-refractivity contribution in [2.75, 3.05) is 0 Å². The van der Waals surface area contributed by atoms with E-state index < -0.39 is 28.4 Å². The maximum absolute atomic E-state index is 13.7. The normalized spacial score (nSPS) is 15.4. The van der Waals surface area contributed by atoms with Crippen molar-refractivity contribution in [1.29, 1.82) is 0 Å². The first-order valence-corrected chi connectivity index (χ1v) is 7.40. The second-order valence-electron chi connectivity index (χ2n) is 5.45. The monoisotopic (exact) mass is 356 g/mol. The Labute approximate surface area is 146 Å². The topological polar surface area (TPSA) is 116 Å². The lowest BCUT2D eigenvalue weighted by atomic mass is 10.1. The van der Waals surface area contributed by atoms with Crippen molar-refractivity contribution >= 4 is 23.7 Å². The van der Waals surface area contributed by atoms with Crippen LogP contribution in [0.3, 0.4) is 0 Å². The number of nitrogens with zero attached hydrogens (tertiary/aromatic N) is 2. The Hall–Kier alpha value is -3.75. The second kappa shape index (κ2) is 6.63. The second-order valence-corrected chi connectivity index (χ2v) is 5.45. The molecule has 9 heteroatoms. The zero-order valence-electron chi connectivity index (χ0n) is 13.1. The van der Waals surface area contributed by atoms with Crippen molar-refractivity contribution in [3.05, 3.63) is 75.2 Å². The fourth-order valence-corrected chi connectivity index (χ4v) is 2.43. The maximum atomic E-state index is 13.7. The fourth-order valence-electron chi connectivity index (χ4n) is 2.43. The fraction of sp³-hybridized carbons (Fsp3) is 0.0588. The Balaban J connectivity index is 1.89. The standard InChI is InChI=1S/C17H12FN3O5/c18-13-4-2-1-3-10(13)9-20-16(23)14(19-17(20)24)8-11-7-12(21(25)26)5-6-15(11)22/h1-8,22H,9H2,(H,19,24)/p-1/b14-8+. The molecule has 0 unspecified atom stereocenters. The van der Waals surface area contributed by atoms with Crippen molar-refractivity contribution in [1.82, 2.24) is 10.2 Å². The molecular weight excluding hydrogens is 345 g/mol. The summed E-state index contributed by atoms with van der Waals surface area (Å²) in [5.74, 6) is -1.87. The molecule has 26 heavy (non-hydrogen) atoms. The number of nitro groups is 1. The molecule has 0 radical (unpaired) electrons. The predicted molar refractivity (Wildman–Crippen MR) is 86.0 cm³/mol. The van der Waals surface area contributed by atoms with Crippen LogP contribution >= 0.6 is 0 Å². The van der Waals surface area contributed by atoms with E-state index in [2.05, 4.69) is 5.32 Å². The van der Waals surface area contributed by atoms with Crippen LogP contribution in [0, 0.1) is 15.9 Å². The molecule has 132 valence electrons. The molecule has 3 rings (SSSR count). The zero-order valence-corrected chi connectivity index (χ0v) is 13.1. The molecule has 3 amide bonds. The molecule has 1 aliphatic rings. The summed E-state index contributed by atoms with van der Waals surface area (Å²) < 4.78 is 13.7. The molecule has 0 spiro atoms. The summed E-state index contributed by atoms with van der Waals surface area (Å²) in [6.45, 7) is -0.284. The molecule has 1 N–H and O–H groups in total. The number of hydrogen-bond acceptors (Lipinski definition) is 5. The van der Waals surface area contributed by atoms with Crippen LogP contribution in [0.2, 0.25) is 0 Å². The molecule has 0 saturated carbocycles. The van der Waals surface area contributed by atoms with Crippen LogP contribution in [0.4, 0.5) is 14.9 Å². The van der Waals surface area contributed by atoms with Crippen molar-refractivity contribution < 1.29 is 24.0 Å². The van der Waals surface area contributed by atoms with Gasteiger partial charge < -0.3 is 10.4 Å². The van der Waals surface area contributed by atoms with Crippen LogP contribution in [-0.2, 0) is 11.3 Å². The lowest BCUT2D eigenvalue weighted by Crippen LogP contribution is -2.30. The van der Waals surface area contributed by atoms with Gasteiger partial charge in [-0.3, -0.25) is 19.8 Å². The number of hydrogen-bond donors (Lipinski definition) is 1. The quantitative estimate of drug-likeness (QED) is 0.389. The number of benzene rings is 2. The summed E-state index contributed by atoms with van der Waals surface area (Å²) in [7, 11) is 0. The summed E-state index contributed by atoms with van der Waals surface area (Å²) >= 11 is 0. The minimum absolute atomic E-state index is 0.115. The number of carbonyl (C=O) groups excluding carboxylic acids is 2. The molecule has 1 saturated heterocycles. The Morgan fingerprint density at radius 1 is 1.19 bits per heavy atom. The summed E-state index contributed by atoms with van der Waals surface area (Å²) in [6.07, 6.45) is 1.07. The number of nitrogens with one attached hydrogen (secondary N) is 1. The molecular formula is C17H11FN3O5-. The molecule has 1 heterocycles. The van der Waals surface area contributed by atoms with E-state index in [1.165, 1.54) is 18.2 Å². The molecule has 0 aliphatic carbocycles. The highest BCUT2D eigenvalue weighted by atomic mass is 19.1. The van der Waals surface area contributed by atoms with E-state index in [1.807, 2.05) is 0 Å². The molecule has 0 aromatic heterocycles. The van der Waals surface area contributed by atoms with Crippen LogP contribution in [-0.4, -0.2) is 21.8 Å². The smallest absolute Gasteiger partial charge is 0.329 e. The number of imide groups is 1. The van der Waals surface area contributed by atoms with E-state index in [0.29, 0.717) is 0 Å². The largest absolute Gasteiger partial charge is 0.872 e. The van der Waals surface area contributed by atoms with Crippen LogP contribution in [0.15, 0.2) is 48.2 Å². The van der Waals surface area contributed by atoms with Crippen LogP contribution in [0.5, 0.6) is 5.75 Å². The van der Waals surface area contributed by atoms with Gasteiger partial charge in [0.05, 0.1) is 11.5 Å². The minimum atomic E-state index is -0.776. The first-order valence-electron chi connectivity index (χ1n) is 7.40. The van der Waals surface area contributed by atoms with E-state index in [4.69, 9.17) is 0 Å². The van der Waals surface area contributed by atoms with Gasteiger partial charge in [-0.1, -0.05) is 24.3 Å². The van der Waals surface area contributed by atoms with E-state index in [0.717, 1.165) is 29.2 Å². The summed E-state index contributed by atoms with van der Waals surface area (Å²) in [5.41, 5.74) is -0.506.